The summed E-state index contributed by atoms with van der Waals surface area (Å²) in [5, 5.41) is 0. The first-order valence-corrected chi connectivity index (χ1v) is 5.88. The average molecular weight is 213 g/mol. The minimum atomic E-state index is -0.0623. The lowest BCUT2D eigenvalue weighted by Gasteiger charge is -2.37. The maximum Gasteiger partial charge on any atom is 0.233 e. The molecular formula is C11H23N3O. The number of carbonyl (C=O) groups excluding carboxylic acids is 1. The molecule has 3 N–H and O–H groups in total. The summed E-state index contributed by atoms with van der Waals surface area (Å²) in [4.78, 5) is 13.4. The molecule has 2 atom stereocenters. The van der Waals surface area contributed by atoms with E-state index in [4.69, 9.17) is 5.84 Å². The highest BCUT2D eigenvalue weighted by Gasteiger charge is 2.23. The standard InChI is InChI=1S/C11H23N3O/c1-9-5-3-7-14(10(9)2)8-4-6-11(15)13-12/h9-10H,3-8,12H2,1-2H3,(H,13,15). The zero-order valence-corrected chi connectivity index (χ0v) is 9.83. The number of amides is 1. The van der Waals surface area contributed by atoms with Crippen LogP contribution in [0.4, 0.5) is 0 Å². The Bertz CT molecular complexity index is 208. The van der Waals surface area contributed by atoms with Gasteiger partial charge in [0.1, 0.15) is 0 Å². The molecule has 0 aromatic heterocycles. The van der Waals surface area contributed by atoms with Crippen molar-refractivity contribution in [3.8, 4) is 0 Å². The van der Waals surface area contributed by atoms with Crippen molar-refractivity contribution in [2.24, 2.45) is 11.8 Å². The van der Waals surface area contributed by atoms with E-state index in [2.05, 4.69) is 24.2 Å². The van der Waals surface area contributed by atoms with Gasteiger partial charge in [-0.2, -0.15) is 0 Å². The summed E-state index contributed by atoms with van der Waals surface area (Å²) in [5.41, 5.74) is 2.17. The molecule has 0 aliphatic carbocycles. The Labute approximate surface area is 92.2 Å². The van der Waals surface area contributed by atoms with Crippen molar-refractivity contribution in [2.75, 3.05) is 13.1 Å². The van der Waals surface area contributed by atoms with Crippen molar-refractivity contribution in [1.29, 1.82) is 0 Å². The van der Waals surface area contributed by atoms with Gasteiger partial charge in [-0.1, -0.05) is 6.92 Å². The van der Waals surface area contributed by atoms with Gasteiger partial charge in [0, 0.05) is 12.5 Å². The number of hydrogen-bond acceptors (Lipinski definition) is 3. The molecule has 2 unspecified atom stereocenters. The number of nitrogens with zero attached hydrogens (tertiary/aromatic N) is 1. The molecular weight excluding hydrogens is 190 g/mol. The lowest BCUT2D eigenvalue weighted by atomic mass is 9.92. The molecule has 0 aromatic carbocycles. The van der Waals surface area contributed by atoms with Gasteiger partial charge in [0.25, 0.3) is 0 Å². The molecule has 1 fully saturated rings. The Morgan fingerprint density at radius 1 is 1.53 bits per heavy atom. The van der Waals surface area contributed by atoms with E-state index in [1.165, 1.54) is 19.4 Å². The smallest absolute Gasteiger partial charge is 0.233 e. The van der Waals surface area contributed by atoms with Gasteiger partial charge in [0.15, 0.2) is 0 Å². The summed E-state index contributed by atoms with van der Waals surface area (Å²) >= 11 is 0. The monoisotopic (exact) mass is 213 g/mol. The number of likely N-dealkylation sites (tertiary alicyclic amines) is 1. The molecule has 15 heavy (non-hydrogen) atoms. The zero-order chi connectivity index (χ0) is 11.3. The first kappa shape index (κ1) is 12.5. The molecule has 1 aliphatic rings. The summed E-state index contributed by atoms with van der Waals surface area (Å²) in [5.74, 6) is 5.74. The zero-order valence-electron chi connectivity index (χ0n) is 9.83. The van der Waals surface area contributed by atoms with E-state index in [1.54, 1.807) is 0 Å². The van der Waals surface area contributed by atoms with Crippen LogP contribution in [0.5, 0.6) is 0 Å². The number of nitrogens with two attached hydrogens (primary N) is 1. The second-order valence-corrected chi connectivity index (χ2v) is 4.57. The number of nitrogens with one attached hydrogen (secondary N) is 1. The number of piperidine rings is 1. The molecule has 1 rings (SSSR count). The van der Waals surface area contributed by atoms with Crippen LogP contribution < -0.4 is 11.3 Å². The lowest BCUT2D eigenvalue weighted by Crippen LogP contribution is -2.43. The van der Waals surface area contributed by atoms with Crippen LogP contribution in [0.25, 0.3) is 0 Å². The Morgan fingerprint density at radius 2 is 2.27 bits per heavy atom. The van der Waals surface area contributed by atoms with Gasteiger partial charge in [-0.15, -0.1) is 0 Å². The molecule has 88 valence electrons. The average Bonchev–Trinajstić information content (AvgIpc) is 2.24. The molecule has 1 heterocycles. The number of hydrogen-bond donors (Lipinski definition) is 2. The molecule has 0 bridgehead atoms. The summed E-state index contributed by atoms with van der Waals surface area (Å²) in [6.45, 7) is 6.78. The second kappa shape index (κ2) is 6.08. The van der Waals surface area contributed by atoms with Crippen LogP contribution in [-0.2, 0) is 4.79 Å². The Hall–Kier alpha value is -0.610. The van der Waals surface area contributed by atoms with E-state index in [1.807, 2.05) is 0 Å². The Kier molecular flexibility index (Phi) is 5.05. The minimum Gasteiger partial charge on any atom is -0.300 e. The Balaban J connectivity index is 2.22. The van der Waals surface area contributed by atoms with E-state index in [0.717, 1.165) is 18.9 Å². The predicted octanol–water partition coefficient (Wildman–Crippen LogP) is 0.877. The highest BCUT2D eigenvalue weighted by atomic mass is 16.2. The summed E-state index contributed by atoms with van der Waals surface area (Å²) < 4.78 is 0. The summed E-state index contributed by atoms with van der Waals surface area (Å²) in [7, 11) is 0. The minimum absolute atomic E-state index is 0.0623. The predicted molar refractivity (Wildman–Crippen MR) is 61.0 cm³/mol. The second-order valence-electron chi connectivity index (χ2n) is 4.57. The normalized spacial score (nSPS) is 27.7. The summed E-state index contributed by atoms with van der Waals surface area (Å²) in [6.07, 6.45) is 4.06. The van der Waals surface area contributed by atoms with E-state index >= 15 is 0 Å². The van der Waals surface area contributed by atoms with E-state index in [-0.39, 0.29) is 5.91 Å². The molecule has 4 heteroatoms. The van der Waals surface area contributed by atoms with Gasteiger partial charge < -0.3 is 4.90 Å². The molecule has 0 spiro atoms. The number of carbonyl (C=O) groups is 1. The third kappa shape index (κ3) is 3.80. The summed E-state index contributed by atoms with van der Waals surface area (Å²) in [6, 6.07) is 0.652. The quantitative estimate of drug-likeness (QED) is 0.414. The molecule has 4 nitrogen and oxygen atoms in total. The maximum atomic E-state index is 10.9. The van der Waals surface area contributed by atoms with Crippen LogP contribution in [0.2, 0.25) is 0 Å². The van der Waals surface area contributed by atoms with Crippen LogP contribution in [-0.4, -0.2) is 29.9 Å². The van der Waals surface area contributed by atoms with E-state index in [9.17, 15) is 4.79 Å². The van der Waals surface area contributed by atoms with Gasteiger partial charge in [-0.3, -0.25) is 10.2 Å². The molecule has 1 amide bonds. The third-order valence-electron chi connectivity index (χ3n) is 3.51. The van der Waals surface area contributed by atoms with Crippen LogP contribution in [0.1, 0.15) is 39.5 Å². The molecule has 0 saturated carbocycles. The topological polar surface area (TPSA) is 58.4 Å². The van der Waals surface area contributed by atoms with E-state index < -0.39 is 0 Å². The van der Waals surface area contributed by atoms with Crippen LogP contribution in [0.3, 0.4) is 0 Å². The number of hydrazine groups is 1. The SMILES string of the molecule is CC1CCCN(CCCC(=O)NN)C1C. The molecule has 0 aromatic rings. The molecule has 1 saturated heterocycles. The van der Waals surface area contributed by atoms with Crippen molar-refractivity contribution in [3.63, 3.8) is 0 Å². The highest BCUT2D eigenvalue weighted by molar-refractivity contribution is 5.75. The van der Waals surface area contributed by atoms with Crippen molar-refractivity contribution in [2.45, 2.75) is 45.6 Å². The van der Waals surface area contributed by atoms with Crippen molar-refractivity contribution in [3.05, 3.63) is 0 Å². The first-order valence-electron chi connectivity index (χ1n) is 5.88. The van der Waals surface area contributed by atoms with Crippen LogP contribution in [0.15, 0.2) is 0 Å². The van der Waals surface area contributed by atoms with Gasteiger partial charge in [-0.05, 0) is 45.2 Å². The highest BCUT2D eigenvalue weighted by Crippen LogP contribution is 2.22. The molecule has 0 radical (unpaired) electrons. The third-order valence-corrected chi connectivity index (χ3v) is 3.51. The number of rotatable bonds is 4. The van der Waals surface area contributed by atoms with Gasteiger partial charge in [0.05, 0.1) is 0 Å². The fourth-order valence-corrected chi connectivity index (χ4v) is 2.25. The van der Waals surface area contributed by atoms with Gasteiger partial charge in [0.2, 0.25) is 5.91 Å². The largest absolute Gasteiger partial charge is 0.300 e. The van der Waals surface area contributed by atoms with Gasteiger partial charge >= 0.3 is 0 Å². The fraction of sp³-hybridized carbons (Fsp3) is 0.909. The first-order chi connectivity index (χ1) is 7.15. The Morgan fingerprint density at radius 3 is 2.93 bits per heavy atom. The van der Waals surface area contributed by atoms with Gasteiger partial charge in [-0.25, -0.2) is 5.84 Å². The van der Waals surface area contributed by atoms with Crippen molar-refractivity contribution in [1.82, 2.24) is 10.3 Å². The molecule has 1 aliphatic heterocycles. The maximum absolute atomic E-state index is 10.9. The van der Waals surface area contributed by atoms with Crippen LogP contribution >= 0.6 is 0 Å². The van der Waals surface area contributed by atoms with Crippen molar-refractivity contribution < 1.29 is 4.79 Å². The van der Waals surface area contributed by atoms with E-state index in [0.29, 0.717) is 12.5 Å². The van der Waals surface area contributed by atoms with Crippen LogP contribution in [0, 0.1) is 5.92 Å². The lowest BCUT2D eigenvalue weighted by molar-refractivity contribution is -0.121. The fourth-order valence-electron chi connectivity index (χ4n) is 2.25. The van der Waals surface area contributed by atoms with Crippen molar-refractivity contribution >= 4 is 5.91 Å².